The van der Waals surface area contributed by atoms with Gasteiger partial charge in [-0.25, -0.2) is 0 Å². The standard InChI is InChI=1S/C19H19ClN4O/c20-10-7-8-14-13(9-10)11-3-1-6-16(17(11)21-14)22-19(25)18-12-4-2-5-15(12)23-24-18/h7-9,16,21H,1-6H2,(H,22,25)(H,23,24)/t16-/m1/s1. The number of nitrogens with zero attached hydrogens (tertiary/aromatic N) is 1. The molecule has 0 radical (unpaired) electrons. The molecule has 6 heteroatoms. The van der Waals surface area contributed by atoms with E-state index in [1.165, 1.54) is 10.9 Å². The molecule has 0 fully saturated rings. The number of aromatic nitrogens is 3. The maximum Gasteiger partial charge on any atom is 0.272 e. The van der Waals surface area contributed by atoms with E-state index in [0.717, 1.165) is 66.0 Å². The number of carbonyl (C=O) groups is 1. The zero-order chi connectivity index (χ0) is 17.0. The summed E-state index contributed by atoms with van der Waals surface area (Å²) in [5.74, 6) is -0.0751. The molecule has 2 aliphatic rings. The summed E-state index contributed by atoms with van der Waals surface area (Å²) in [6, 6.07) is 5.91. The topological polar surface area (TPSA) is 73.6 Å². The number of fused-ring (bicyclic) bond motifs is 4. The maximum absolute atomic E-state index is 12.8. The highest BCUT2D eigenvalue weighted by atomic mass is 35.5. The number of hydrogen-bond acceptors (Lipinski definition) is 2. The molecule has 3 N–H and O–H groups in total. The molecule has 128 valence electrons. The van der Waals surface area contributed by atoms with Crippen molar-refractivity contribution in [2.24, 2.45) is 0 Å². The summed E-state index contributed by atoms with van der Waals surface area (Å²) in [6.07, 6.45) is 6.03. The van der Waals surface area contributed by atoms with Crippen LogP contribution < -0.4 is 5.32 Å². The summed E-state index contributed by atoms with van der Waals surface area (Å²) in [5, 5.41) is 12.4. The zero-order valence-electron chi connectivity index (χ0n) is 13.8. The van der Waals surface area contributed by atoms with Gasteiger partial charge in [-0.2, -0.15) is 5.10 Å². The molecule has 0 aliphatic heterocycles. The van der Waals surface area contributed by atoms with E-state index < -0.39 is 0 Å². The average molecular weight is 355 g/mol. The number of aromatic amines is 2. The summed E-state index contributed by atoms with van der Waals surface area (Å²) in [5.41, 5.74) is 6.26. The smallest absolute Gasteiger partial charge is 0.272 e. The van der Waals surface area contributed by atoms with Crippen molar-refractivity contribution in [3.8, 4) is 0 Å². The molecule has 3 aromatic rings. The predicted molar refractivity (Wildman–Crippen MR) is 97.1 cm³/mol. The summed E-state index contributed by atoms with van der Waals surface area (Å²) in [6.45, 7) is 0. The summed E-state index contributed by atoms with van der Waals surface area (Å²) in [4.78, 5) is 16.3. The van der Waals surface area contributed by atoms with Gasteiger partial charge in [-0.1, -0.05) is 11.6 Å². The molecule has 25 heavy (non-hydrogen) atoms. The van der Waals surface area contributed by atoms with Crippen LogP contribution in [0, 0.1) is 0 Å². The SMILES string of the molecule is O=C(N[C@@H]1CCCc2c1[nH]c1ccc(Cl)cc21)c1n[nH]c2c1CCC2. The number of halogens is 1. The third-order valence-corrected chi connectivity index (χ3v) is 5.73. The lowest BCUT2D eigenvalue weighted by Crippen LogP contribution is -2.31. The minimum Gasteiger partial charge on any atom is -0.356 e. The van der Waals surface area contributed by atoms with Gasteiger partial charge in [0.1, 0.15) is 0 Å². The first-order valence-electron chi connectivity index (χ1n) is 8.87. The van der Waals surface area contributed by atoms with Gasteiger partial charge in [0.25, 0.3) is 5.91 Å². The molecule has 1 aromatic carbocycles. The van der Waals surface area contributed by atoms with Gasteiger partial charge >= 0.3 is 0 Å². The second-order valence-electron chi connectivity index (χ2n) is 7.01. The van der Waals surface area contributed by atoms with E-state index in [4.69, 9.17) is 11.6 Å². The molecule has 0 saturated carbocycles. The predicted octanol–water partition coefficient (Wildman–Crippen LogP) is 3.84. The largest absolute Gasteiger partial charge is 0.356 e. The van der Waals surface area contributed by atoms with Crippen molar-refractivity contribution in [3.63, 3.8) is 0 Å². The van der Waals surface area contributed by atoms with E-state index in [2.05, 4.69) is 20.5 Å². The molecule has 5 rings (SSSR count). The first kappa shape index (κ1) is 15.0. The Hall–Kier alpha value is -2.27. The Labute approximate surface area is 150 Å². The quantitative estimate of drug-likeness (QED) is 0.654. The summed E-state index contributed by atoms with van der Waals surface area (Å²) < 4.78 is 0. The van der Waals surface area contributed by atoms with Gasteiger partial charge < -0.3 is 10.3 Å². The Balaban J connectivity index is 1.48. The highest BCUT2D eigenvalue weighted by molar-refractivity contribution is 6.31. The lowest BCUT2D eigenvalue weighted by molar-refractivity contribution is 0.0926. The Morgan fingerprint density at radius 3 is 3.00 bits per heavy atom. The fourth-order valence-corrected chi connectivity index (χ4v) is 4.48. The van der Waals surface area contributed by atoms with Gasteiger partial charge in [-0.15, -0.1) is 0 Å². The van der Waals surface area contributed by atoms with Crippen molar-refractivity contribution >= 4 is 28.4 Å². The molecular formula is C19H19ClN4O. The van der Waals surface area contributed by atoms with Gasteiger partial charge in [-0.3, -0.25) is 9.89 Å². The summed E-state index contributed by atoms with van der Waals surface area (Å²) in [7, 11) is 0. The van der Waals surface area contributed by atoms with Gasteiger partial charge in [0, 0.05) is 32.9 Å². The number of amides is 1. The molecule has 5 nitrogen and oxygen atoms in total. The molecule has 0 unspecified atom stereocenters. The Morgan fingerprint density at radius 2 is 2.08 bits per heavy atom. The molecule has 0 spiro atoms. The Morgan fingerprint density at radius 1 is 1.20 bits per heavy atom. The van der Waals surface area contributed by atoms with Crippen LogP contribution in [0.3, 0.4) is 0 Å². The van der Waals surface area contributed by atoms with Gasteiger partial charge in [-0.05, 0) is 62.3 Å². The highest BCUT2D eigenvalue weighted by Crippen LogP contribution is 2.36. The van der Waals surface area contributed by atoms with Crippen LogP contribution in [0.4, 0.5) is 0 Å². The van der Waals surface area contributed by atoms with Crippen molar-refractivity contribution in [3.05, 3.63) is 51.4 Å². The van der Waals surface area contributed by atoms with Crippen LogP contribution in [0.2, 0.25) is 5.02 Å². The first-order valence-corrected chi connectivity index (χ1v) is 9.25. The number of rotatable bonds is 2. The van der Waals surface area contributed by atoms with Crippen LogP contribution >= 0.6 is 11.6 Å². The average Bonchev–Trinajstić information content (AvgIpc) is 3.28. The molecule has 2 aliphatic carbocycles. The van der Waals surface area contributed by atoms with Crippen LogP contribution in [0.15, 0.2) is 18.2 Å². The normalized spacial score (nSPS) is 19.0. The highest BCUT2D eigenvalue weighted by Gasteiger charge is 2.29. The van der Waals surface area contributed by atoms with Crippen LogP contribution in [0.5, 0.6) is 0 Å². The van der Waals surface area contributed by atoms with E-state index in [0.29, 0.717) is 5.69 Å². The zero-order valence-corrected chi connectivity index (χ0v) is 14.5. The van der Waals surface area contributed by atoms with Crippen molar-refractivity contribution in [2.75, 3.05) is 0 Å². The Bertz CT molecular complexity index is 987. The lowest BCUT2D eigenvalue weighted by Gasteiger charge is -2.23. The van der Waals surface area contributed by atoms with E-state index in [1.807, 2.05) is 18.2 Å². The fourth-order valence-electron chi connectivity index (χ4n) is 4.31. The number of H-pyrrole nitrogens is 2. The molecule has 0 saturated heterocycles. The molecule has 1 amide bonds. The molecule has 2 heterocycles. The van der Waals surface area contributed by atoms with Crippen LogP contribution in [-0.2, 0) is 19.3 Å². The Kier molecular flexibility index (Phi) is 3.38. The van der Waals surface area contributed by atoms with Gasteiger partial charge in [0.15, 0.2) is 5.69 Å². The van der Waals surface area contributed by atoms with Crippen LogP contribution in [-0.4, -0.2) is 21.1 Å². The monoisotopic (exact) mass is 354 g/mol. The third-order valence-electron chi connectivity index (χ3n) is 5.50. The van der Waals surface area contributed by atoms with E-state index in [1.54, 1.807) is 0 Å². The fraction of sp³-hybridized carbons (Fsp3) is 0.368. The molecule has 2 aromatic heterocycles. The van der Waals surface area contributed by atoms with Crippen molar-refractivity contribution in [1.82, 2.24) is 20.5 Å². The molecular weight excluding hydrogens is 336 g/mol. The lowest BCUT2D eigenvalue weighted by atomic mass is 9.91. The number of nitrogens with one attached hydrogen (secondary N) is 3. The van der Waals surface area contributed by atoms with Crippen molar-refractivity contribution < 1.29 is 4.79 Å². The number of carbonyl (C=O) groups excluding carboxylic acids is 1. The van der Waals surface area contributed by atoms with E-state index >= 15 is 0 Å². The second kappa shape index (κ2) is 5.63. The first-order chi connectivity index (χ1) is 12.2. The van der Waals surface area contributed by atoms with Crippen LogP contribution in [0.1, 0.15) is 58.3 Å². The molecule has 0 bridgehead atoms. The third kappa shape index (κ3) is 2.37. The minimum atomic E-state index is -0.0751. The number of aryl methyl sites for hydroxylation is 2. The number of hydrogen-bond donors (Lipinski definition) is 3. The van der Waals surface area contributed by atoms with Gasteiger partial charge in [0.05, 0.1) is 6.04 Å². The second-order valence-corrected chi connectivity index (χ2v) is 7.44. The van der Waals surface area contributed by atoms with Crippen LogP contribution in [0.25, 0.3) is 10.9 Å². The minimum absolute atomic E-state index is 0.00354. The van der Waals surface area contributed by atoms with E-state index in [-0.39, 0.29) is 11.9 Å². The number of benzene rings is 1. The van der Waals surface area contributed by atoms with E-state index in [9.17, 15) is 4.79 Å². The molecule has 1 atom stereocenters. The van der Waals surface area contributed by atoms with Crippen molar-refractivity contribution in [2.45, 2.75) is 44.6 Å². The maximum atomic E-state index is 12.8. The summed E-state index contributed by atoms with van der Waals surface area (Å²) >= 11 is 6.17. The van der Waals surface area contributed by atoms with Crippen molar-refractivity contribution in [1.29, 1.82) is 0 Å². The van der Waals surface area contributed by atoms with Gasteiger partial charge in [0.2, 0.25) is 0 Å².